The van der Waals surface area contributed by atoms with Gasteiger partial charge < -0.3 is 9.79 Å². The van der Waals surface area contributed by atoms with Crippen LogP contribution < -0.4 is 5.30 Å². The van der Waals surface area contributed by atoms with Crippen LogP contribution in [-0.4, -0.2) is 27.1 Å². The molecule has 0 saturated carbocycles. The number of hydrogen-bond acceptors (Lipinski definition) is 1. The maximum absolute atomic E-state index is 10.5. The highest BCUT2D eigenvalue weighted by atomic mass is 31.2. The van der Waals surface area contributed by atoms with Crippen LogP contribution >= 0.6 is 7.60 Å². The van der Waals surface area contributed by atoms with E-state index < -0.39 is 7.60 Å². The van der Waals surface area contributed by atoms with Crippen LogP contribution in [0.2, 0.25) is 0 Å². The molecule has 11 heavy (non-hydrogen) atoms. The van der Waals surface area contributed by atoms with Crippen molar-refractivity contribution in [2.45, 2.75) is 0 Å². The maximum atomic E-state index is 10.5. The van der Waals surface area contributed by atoms with Gasteiger partial charge in [-0.15, -0.1) is 0 Å². The van der Waals surface area contributed by atoms with Crippen LogP contribution in [0.3, 0.4) is 0 Å². The molecule has 0 fully saturated rings. The Morgan fingerprint density at radius 1 is 1.09 bits per heavy atom. The first-order chi connectivity index (χ1) is 4.61. The minimum absolute atomic E-state index is 0. The molecule has 5 heteroatoms. The third-order valence-corrected chi connectivity index (χ3v) is 2.06. The summed E-state index contributed by atoms with van der Waals surface area (Å²) in [5, 5.41) is 0.0648. The highest BCUT2D eigenvalue weighted by Crippen LogP contribution is 2.32. The zero-order valence-electron chi connectivity index (χ0n) is 5.14. The molecule has 1 aromatic carbocycles. The Morgan fingerprint density at radius 2 is 1.55 bits per heavy atom. The monoisotopic (exact) mass is 188 g/mol. The SMILES string of the molecule is O=P(O)(O)c1ccccc1.[AlH3]. The summed E-state index contributed by atoms with van der Waals surface area (Å²) in [6, 6.07) is 7.70. The highest BCUT2D eigenvalue weighted by Gasteiger charge is 2.14. The zero-order chi connectivity index (χ0) is 7.61. The molecule has 0 saturated heterocycles. The minimum atomic E-state index is -4.02. The van der Waals surface area contributed by atoms with Gasteiger partial charge in [0.05, 0.1) is 5.30 Å². The second-order valence-electron chi connectivity index (χ2n) is 1.88. The first-order valence-corrected chi connectivity index (χ1v) is 4.33. The molecule has 3 nitrogen and oxygen atoms in total. The summed E-state index contributed by atoms with van der Waals surface area (Å²) in [6.45, 7) is 0. The molecule has 0 bridgehead atoms. The fraction of sp³-hybridized carbons (Fsp3) is 0. The predicted molar refractivity (Wildman–Crippen MR) is 48.1 cm³/mol. The molecule has 0 aromatic heterocycles. The number of hydrogen-bond donors (Lipinski definition) is 2. The molecule has 0 unspecified atom stereocenters. The van der Waals surface area contributed by atoms with Crippen molar-refractivity contribution in [1.29, 1.82) is 0 Å². The Balaban J connectivity index is 0.000001000. The van der Waals surface area contributed by atoms with Crippen molar-refractivity contribution in [3.63, 3.8) is 0 Å². The molecule has 1 aromatic rings. The van der Waals surface area contributed by atoms with Gasteiger partial charge >= 0.3 is 7.60 Å². The van der Waals surface area contributed by atoms with Crippen molar-refractivity contribution in [3.8, 4) is 0 Å². The molecule has 0 radical (unpaired) electrons. The Labute approximate surface area is 75.4 Å². The lowest BCUT2D eigenvalue weighted by Gasteiger charge is -2.00. The van der Waals surface area contributed by atoms with E-state index in [2.05, 4.69) is 0 Å². The van der Waals surface area contributed by atoms with Gasteiger partial charge in [0.15, 0.2) is 17.4 Å². The van der Waals surface area contributed by atoms with E-state index in [9.17, 15) is 4.57 Å². The molecule has 60 valence electrons. The van der Waals surface area contributed by atoms with Crippen LogP contribution in [-0.2, 0) is 4.57 Å². The standard InChI is InChI=1S/C6H7O3P.Al.3H/c7-10(8,9)6-4-2-1-3-5-6;;;;/h1-5H,(H2,7,8,9);;;;. The van der Waals surface area contributed by atoms with Gasteiger partial charge in [0.2, 0.25) is 0 Å². The molecular formula is C6H10AlO3P. The Kier molecular flexibility index (Phi) is 4.02. The van der Waals surface area contributed by atoms with Gasteiger partial charge in [-0.3, -0.25) is 4.57 Å². The lowest BCUT2D eigenvalue weighted by Crippen LogP contribution is -2.01. The average Bonchev–Trinajstić information content (AvgIpc) is 1.88. The molecule has 0 aliphatic rings. The maximum Gasteiger partial charge on any atom is 0.356 e. The Morgan fingerprint density at radius 3 is 1.82 bits per heavy atom. The lowest BCUT2D eigenvalue weighted by atomic mass is 10.4. The summed E-state index contributed by atoms with van der Waals surface area (Å²) >= 11 is 0. The molecule has 0 aliphatic carbocycles. The third kappa shape index (κ3) is 3.20. The first-order valence-electron chi connectivity index (χ1n) is 2.72. The van der Waals surface area contributed by atoms with Crippen molar-refractivity contribution in [2.75, 3.05) is 0 Å². The summed E-state index contributed by atoms with van der Waals surface area (Å²) in [6.07, 6.45) is 0. The normalized spacial score (nSPS) is 10.4. The summed E-state index contributed by atoms with van der Waals surface area (Å²) in [5.41, 5.74) is 0. The molecule has 0 atom stereocenters. The molecule has 2 N–H and O–H groups in total. The second-order valence-corrected chi connectivity index (χ2v) is 3.48. The van der Waals surface area contributed by atoms with Crippen LogP contribution in [0.5, 0.6) is 0 Å². The number of benzene rings is 1. The minimum Gasteiger partial charge on any atom is -0.321 e. The van der Waals surface area contributed by atoms with E-state index in [0.29, 0.717) is 0 Å². The van der Waals surface area contributed by atoms with Crippen LogP contribution in [0.4, 0.5) is 0 Å². The highest BCUT2D eigenvalue weighted by molar-refractivity contribution is 7.60. The second kappa shape index (κ2) is 4.06. The Hall–Kier alpha value is -0.0975. The fourth-order valence-corrected chi connectivity index (χ4v) is 1.18. The van der Waals surface area contributed by atoms with Crippen LogP contribution in [0.25, 0.3) is 0 Å². The van der Waals surface area contributed by atoms with Gasteiger partial charge in [0, 0.05) is 0 Å². The van der Waals surface area contributed by atoms with Crippen LogP contribution in [0.1, 0.15) is 0 Å². The van der Waals surface area contributed by atoms with E-state index in [4.69, 9.17) is 9.79 Å². The fourth-order valence-electron chi connectivity index (χ4n) is 0.622. The average molecular weight is 188 g/mol. The van der Waals surface area contributed by atoms with E-state index in [1.54, 1.807) is 18.2 Å². The molecule has 0 heterocycles. The summed E-state index contributed by atoms with van der Waals surface area (Å²) < 4.78 is 10.5. The zero-order valence-corrected chi connectivity index (χ0v) is 6.03. The number of rotatable bonds is 1. The third-order valence-electron chi connectivity index (χ3n) is 1.09. The van der Waals surface area contributed by atoms with E-state index in [0.717, 1.165) is 0 Å². The topological polar surface area (TPSA) is 57.5 Å². The van der Waals surface area contributed by atoms with E-state index in [1.165, 1.54) is 12.1 Å². The smallest absolute Gasteiger partial charge is 0.321 e. The van der Waals surface area contributed by atoms with Gasteiger partial charge in [0.25, 0.3) is 0 Å². The molecular weight excluding hydrogens is 178 g/mol. The van der Waals surface area contributed by atoms with E-state index in [1.807, 2.05) is 0 Å². The van der Waals surface area contributed by atoms with Gasteiger partial charge in [-0.1, -0.05) is 18.2 Å². The quantitative estimate of drug-likeness (QED) is 0.453. The predicted octanol–water partition coefficient (Wildman–Crippen LogP) is -0.694. The van der Waals surface area contributed by atoms with Crippen molar-refractivity contribution in [2.24, 2.45) is 0 Å². The van der Waals surface area contributed by atoms with Crippen LogP contribution in [0, 0.1) is 0 Å². The molecule has 0 spiro atoms. The summed E-state index contributed by atoms with van der Waals surface area (Å²) in [5.74, 6) is 0. The molecule has 0 aliphatic heterocycles. The van der Waals surface area contributed by atoms with Crippen molar-refractivity contribution in [3.05, 3.63) is 30.3 Å². The van der Waals surface area contributed by atoms with E-state index in [-0.39, 0.29) is 22.7 Å². The van der Waals surface area contributed by atoms with Crippen molar-refractivity contribution < 1.29 is 14.4 Å². The largest absolute Gasteiger partial charge is 0.356 e. The van der Waals surface area contributed by atoms with Gasteiger partial charge in [-0.05, 0) is 12.1 Å². The van der Waals surface area contributed by atoms with Crippen LogP contribution in [0.15, 0.2) is 30.3 Å². The molecule has 1 rings (SSSR count). The first kappa shape index (κ1) is 10.9. The van der Waals surface area contributed by atoms with Crippen molar-refractivity contribution >= 4 is 30.3 Å². The van der Waals surface area contributed by atoms with Gasteiger partial charge in [-0.25, -0.2) is 0 Å². The lowest BCUT2D eigenvalue weighted by molar-refractivity contribution is 0.387. The van der Waals surface area contributed by atoms with Crippen molar-refractivity contribution in [1.82, 2.24) is 0 Å². The summed E-state index contributed by atoms with van der Waals surface area (Å²) in [7, 11) is -4.02. The van der Waals surface area contributed by atoms with E-state index >= 15 is 0 Å². The Bertz CT molecular complexity index is 256. The summed E-state index contributed by atoms with van der Waals surface area (Å²) in [4.78, 5) is 17.2. The van der Waals surface area contributed by atoms with Gasteiger partial charge in [0.1, 0.15) is 0 Å². The molecule has 0 amide bonds. The van der Waals surface area contributed by atoms with Gasteiger partial charge in [-0.2, -0.15) is 0 Å².